The van der Waals surface area contributed by atoms with Crippen LogP contribution in [0.3, 0.4) is 0 Å². The van der Waals surface area contributed by atoms with Gasteiger partial charge in [-0.05, 0) is 61.9 Å². The van der Waals surface area contributed by atoms with Crippen LogP contribution in [0.4, 0.5) is 0 Å². The number of rotatable bonds is 4. The van der Waals surface area contributed by atoms with E-state index in [1.807, 2.05) is 23.2 Å². The summed E-state index contributed by atoms with van der Waals surface area (Å²) < 4.78 is 0. The lowest BCUT2D eigenvalue weighted by Crippen LogP contribution is -2.38. The molecule has 2 aromatic heterocycles. The Labute approximate surface area is 154 Å². The van der Waals surface area contributed by atoms with Crippen molar-refractivity contribution in [1.29, 1.82) is 0 Å². The Kier molecular flexibility index (Phi) is 4.49. The summed E-state index contributed by atoms with van der Waals surface area (Å²) >= 11 is 0. The van der Waals surface area contributed by atoms with Crippen LogP contribution in [0.5, 0.6) is 0 Å². The molecule has 0 radical (unpaired) electrons. The summed E-state index contributed by atoms with van der Waals surface area (Å²) in [5.41, 5.74) is 5.24. The topological polar surface area (TPSA) is 49.0 Å². The van der Waals surface area contributed by atoms with Crippen LogP contribution in [0.15, 0.2) is 42.6 Å². The zero-order chi connectivity index (χ0) is 18.1. The van der Waals surface area contributed by atoms with Crippen LogP contribution in [0, 0.1) is 6.92 Å². The Morgan fingerprint density at radius 2 is 2.19 bits per heavy atom. The predicted octanol–water partition coefficient (Wildman–Crippen LogP) is 4.80. The van der Waals surface area contributed by atoms with Gasteiger partial charge in [-0.3, -0.25) is 9.78 Å². The molecule has 1 atom stereocenters. The smallest absolute Gasteiger partial charge is 0.270 e. The lowest BCUT2D eigenvalue weighted by molar-refractivity contribution is 0.0647. The van der Waals surface area contributed by atoms with Crippen molar-refractivity contribution >= 4 is 16.8 Å². The second-order valence-electron chi connectivity index (χ2n) is 7.23. The fourth-order valence-electron chi connectivity index (χ4n) is 4.04. The molecule has 0 fully saturated rings. The van der Waals surface area contributed by atoms with Gasteiger partial charge in [0.25, 0.3) is 5.91 Å². The standard InChI is InChI=1S/C22H25N3O/c1-3-12-25(20-8-4-6-16-7-5-11-23-21(16)20)22(26)19-14-17-10-9-15(2)13-18(17)24-19/h5,7,9-11,13-14,20,24H,3-4,6,8,12H2,1-2H3. The van der Waals surface area contributed by atoms with Crippen LogP contribution in [0.1, 0.15) is 59.5 Å². The molecule has 0 spiro atoms. The largest absolute Gasteiger partial charge is 0.351 e. The second-order valence-corrected chi connectivity index (χ2v) is 7.23. The van der Waals surface area contributed by atoms with Gasteiger partial charge in [-0.1, -0.05) is 25.1 Å². The summed E-state index contributed by atoms with van der Waals surface area (Å²) in [6.45, 7) is 4.93. The maximum absolute atomic E-state index is 13.4. The van der Waals surface area contributed by atoms with Gasteiger partial charge in [-0.2, -0.15) is 0 Å². The lowest BCUT2D eigenvalue weighted by atomic mass is 9.90. The molecule has 3 aromatic rings. The van der Waals surface area contributed by atoms with E-state index in [0.29, 0.717) is 5.69 Å². The summed E-state index contributed by atoms with van der Waals surface area (Å²) in [6, 6.07) is 12.4. The number of aromatic amines is 1. The Hall–Kier alpha value is -2.62. The molecular weight excluding hydrogens is 322 g/mol. The highest BCUT2D eigenvalue weighted by Gasteiger charge is 2.31. The van der Waals surface area contributed by atoms with Crippen LogP contribution in [0.25, 0.3) is 10.9 Å². The number of aromatic nitrogens is 2. The van der Waals surface area contributed by atoms with E-state index in [-0.39, 0.29) is 11.9 Å². The zero-order valence-electron chi connectivity index (χ0n) is 15.5. The van der Waals surface area contributed by atoms with Gasteiger partial charge in [0, 0.05) is 23.6 Å². The summed E-state index contributed by atoms with van der Waals surface area (Å²) in [5, 5.41) is 1.08. The number of hydrogen-bond acceptors (Lipinski definition) is 2. The molecule has 0 saturated heterocycles. The van der Waals surface area contributed by atoms with Crippen molar-refractivity contribution in [2.75, 3.05) is 6.54 Å². The number of pyridine rings is 1. The van der Waals surface area contributed by atoms with E-state index in [0.717, 1.165) is 48.8 Å². The van der Waals surface area contributed by atoms with E-state index in [1.54, 1.807) is 0 Å². The number of aryl methyl sites for hydroxylation is 2. The number of hydrogen-bond donors (Lipinski definition) is 1. The van der Waals surface area contributed by atoms with Gasteiger partial charge in [0.1, 0.15) is 5.69 Å². The highest BCUT2D eigenvalue weighted by molar-refractivity contribution is 5.98. The first-order valence-corrected chi connectivity index (χ1v) is 9.51. The fraction of sp³-hybridized carbons (Fsp3) is 0.364. The quantitative estimate of drug-likeness (QED) is 0.737. The highest BCUT2D eigenvalue weighted by Crippen LogP contribution is 2.34. The summed E-state index contributed by atoms with van der Waals surface area (Å²) in [6.07, 6.45) is 5.92. The number of benzene rings is 1. The fourth-order valence-corrected chi connectivity index (χ4v) is 4.04. The number of nitrogens with one attached hydrogen (secondary N) is 1. The highest BCUT2D eigenvalue weighted by atomic mass is 16.2. The van der Waals surface area contributed by atoms with Crippen molar-refractivity contribution in [2.45, 2.75) is 45.6 Å². The SMILES string of the molecule is CCCN(C(=O)c1cc2ccc(C)cc2[nH]1)C1CCCc2cccnc21. The van der Waals surface area contributed by atoms with E-state index in [1.165, 1.54) is 11.1 Å². The number of amides is 1. The van der Waals surface area contributed by atoms with E-state index < -0.39 is 0 Å². The molecule has 4 rings (SSSR count). The van der Waals surface area contributed by atoms with Crippen LogP contribution in [0.2, 0.25) is 0 Å². The molecule has 1 aliphatic rings. The van der Waals surface area contributed by atoms with Gasteiger partial charge in [-0.15, -0.1) is 0 Å². The van der Waals surface area contributed by atoms with Crippen molar-refractivity contribution in [3.8, 4) is 0 Å². The maximum Gasteiger partial charge on any atom is 0.270 e. The molecule has 134 valence electrons. The normalized spacial score (nSPS) is 16.5. The molecule has 1 aromatic carbocycles. The summed E-state index contributed by atoms with van der Waals surface area (Å²) in [4.78, 5) is 23.3. The predicted molar refractivity (Wildman–Crippen MR) is 104 cm³/mol. The zero-order valence-corrected chi connectivity index (χ0v) is 15.5. The van der Waals surface area contributed by atoms with Gasteiger partial charge in [0.05, 0.1) is 11.7 Å². The van der Waals surface area contributed by atoms with Crippen molar-refractivity contribution in [3.63, 3.8) is 0 Å². The van der Waals surface area contributed by atoms with Crippen molar-refractivity contribution in [2.24, 2.45) is 0 Å². The number of nitrogens with zero attached hydrogens (tertiary/aromatic N) is 2. The Bertz CT molecular complexity index is 943. The third kappa shape index (κ3) is 3.00. The van der Waals surface area contributed by atoms with Crippen molar-refractivity contribution in [3.05, 3.63) is 65.1 Å². The van der Waals surface area contributed by atoms with Crippen LogP contribution in [-0.4, -0.2) is 27.3 Å². The molecular formula is C22H25N3O. The number of carbonyl (C=O) groups is 1. The molecule has 0 aliphatic heterocycles. The maximum atomic E-state index is 13.4. The molecule has 4 heteroatoms. The Morgan fingerprint density at radius 1 is 1.31 bits per heavy atom. The monoisotopic (exact) mass is 347 g/mol. The molecule has 1 N–H and O–H groups in total. The lowest BCUT2D eigenvalue weighted by Gasteiger charge is -2.34. The average molecular weight is 347 g/mol. The van der Waals surface area contributed by atoms with E-state index in [9.17, 15) is 4.79 Å². The Balaban J connectivity index is 1.71. The second kappa shape index (κ2) is 6.94. The first kappa shape index (κ1) is 16.8. The van der Waals surface area contributed by atoms with Gasteiger partial charge in [0.2, 0.25) is 0 Å². The van der Waals surface area contributed by atoms with E-state index in [4.69, 9.17) is 0 Å². The molecule has 1 aliphatic carbocycles. The van der Waals surface area contributed by atoms with Gasteiger partial charge >= 0.3 is 0 Å². The molecule has 1 amide bonds. The number of fused-ring (bicyclic) bond motifs is 2. The molecule has 26 heavy (non-hydrogen) atoms. The summed E-state index contributed by atoms with van der Waals surface area (Å²) in [5.74, 6) is 0.0733. The molecule has 0 saturated carbocycles. The van der Waals surface area contributed by atoms with Gasteiger partial charge in [-0.25, -0.2) is 0 Å². The van der Waals surface area contributed by atoms with E-state index >= 15 is 0 Å². The van der Waals surface area contributed by atoms with Gasteiger partial charge < -0.3 is 9.88 Å². The minimum Gasteiger partial charge on any atom is -0.351 e. The van der Waals surface area contributed by atoms with Gasteiger partial charge in [0.15, 0.2) is 0 Å². The average Bonchev–Trinajstić information content (AvgIpc) is 3.08. The molecule has 2 heterocycles. The third-order valence-corrected chi connectivity index (χ3v) is 5.28. The molecule has 4 nitrogen and oxygen atoms in total. The minimum absolute atomic E-state index is 0.0700. The minimum atomic E-state index is 0.0700. The third-order valence-electron chi connectivity index (χ3n) is 5.28. The van der Waals surface area contributed by atoms with Crippen LogP contribution >= 0.6 is 0 Å². The first-order valence-electron chi connectivity index (χ1n) is 9.51. The Morgan fingerprint density at radius 3 is 3.04 bits per heavy atom. The number of H-pyrrole nitrogens is 1. The molecule has 1 unspecified atom stereocenters. The van der Waals surface area contributed by atoms with E-state index in [2.05, 4.69) is 48.1 Å². The first-order chi connectivity index (χ1) is 12.7. The van der Waals surface area contributed by atoms with Crippen molar-refractivity contribution in [1.82, 2.24) is 14.9 Å². The summed E-state index contributed by atoms with van der Waals surface area (Å²) in [7, 11) is 0. The van der Waals surface area contributed by atoms with Crippen LogP contribution < -0.4 is 0 Å². The van der Waals surface area contributed by atoms with Crippen molar-refractivity contribution < 1.29 is 4.79 Å². The van der Waals surface area contributed by atoms with Crippen LogP contribution in [-0.2, 0) is 6.42 Å². The molecule has 0 bridgehead atoms. The number of carbonyl (C=O) groups excluding carboxylic acids is 1.